The number of rotatable bonds is 4. The van der Waals surface area contributed by atoms with Crippen LogP contribution in [0.15, 0.2) is 18.5 Å². The van der Waals surface area contributed by atoms with E-state index in [9.17, 15) is 12.9 Å². The molecule has 1 aromatic heterocycles. The quantitative estimate of drug-likeness (QED) is 0.724. The average molecular weight is 285 g/mol. The summed E-state index contributed by atoms with van der Waals surface area (Å²) in [4.78, 5) is 3.54. The second-order valence-electron chi connectivity index (χ2n) is 5.19. The first-order valence-electron chi connectivity index (χ1n) is 5.46. The summed E-state index contributed by atoms with van der Waals surface area (Å²) in [6, 6.07) is 0.996. The van der Waals surface area contributed by atoms with Crippen LogP contribution in [0.4, 0.5) is 12.9 Å². The maximum atomic E-state index is 12.4. The van der Waals surface area contributed by atoms with Crippen LogP contribution >= 0.6 is 0 Å². The maximum absolute atomic E-state index is 12.4. The molecule has 1 heterocycles. The average Bonchev–Trinajstić information content (AvgIpc) is 2.15. The van der Waals surface area contributed by atoms with E-state index in [0.29, 0.717) is 6.61 Å². The van der Waals surface area contributed by atoms with E-state index in [4.69, 9.17) is 4.74 Å². The molecule has 0 unspecified atom stereocenters. The number of aromatic nitrogens is 1. The number of ether oxygens (including phenoxy) is 1. The Labute approximate surface area is 148 Å². The van der Waals surface area contributed by atoms with Crippen molar-refractivity contribution in [1.82, 2.24) is 4.98 Å². The first kappa shape index (κ1) is 18.4. The smallest absolute Gasteiger partial charge is 0.492 e. The van der Waals surface area contributed by atoms with E-state index in [0.717, 1.165) is 18.7 Å². The molecule has 0 aliphatic carbocycles. The number of nitrogens with zero attached hydrogens (tertiary/aromatic N) is 1. The van der Waals surface area contributed by atoms with Crippen LogP contribution in [0.5, 0.6) is 5.75 Å². The van der Waals surface area contributed by atoms with Gasteiger partial charge in [0, 0.05) is 6.20 Å². The molecule has 1 aromatic rings. The molecule has 18 heavy (non-hydrogen) atoms. The summed E-state index contributed by atoms with van der Waals surface area (Å²) >= 11 is 0. The summed E-state index contributed by atoms with van der Waals surface area (Å²) in [5.74, 6) is 0.172. The fourth-order valence-electron chi connectivity index (χ4n) is 1.17. The van der Waals surface area contributed by atoms with Crippen molar-refractivity contribution in [2.75, 3.05) is 6.61 Å². The minimum absolute atomic E-state index is 0. The summed E-state index contributed by atoms with van der Waals surface area (Å²) in [6.07, 6.45) is 2.89. The van der Waals surface area contributed by atoms with E-state index in [1.165, 1.54) is 6.20 Å². The molecule has 0 atom stereocenters. The van der Waals surface area contributed by atoms with Crippen molar-refractivity contribution in [2.24, 2.45) is 5.41 Å². The van der Waals surface area contributed by atoms with Crippen molar-refractivity contribution in [3.05, 3.63) is 18.5 Å². The molecule has 0 fully saturated rings. The molecule has 96 valence electrons. The fraction of sp³-hybridized carbons (Fsp3) is 0.545. The Morgan fingerprint density at radius 2 is 1.83 bits per heavy atom. The zero-order chi connectivity index (χ0) is 13.1. The van der Waals surface area contributed by atoms with Crippen molar-refractivity contribution in [2.45, 2.75) is 27.2 Å². The van der Waals surface area contributed by atoms with Gasteiger partial charge in [-0.25, -0.2) is 0 Å². The number of hydrogen-bond acceptors (Lipinski definition) is 2. The molecule has 0 radical (unpaired) electrons. The van der Waals surface area contributed by atoms with Gasteiger partial charge in [-0.15, -0.1) is 0 Å². The van der Waals surface area contributed by atoms with Crippen LogP contribution in [0, 0.1) is 5.41 Å². The third-order valence-electron chi connectivity index (χ3n) is 2.23. The van der Waals surface area contributed by atoms with Gasteiger partial charge in [-0.1, -0.05) is 26.2 Å². The third kappa shape index (κ3) is 7.13. The van der Waals surface area contributed by atoms with E-state index in [-0.39, 0.29) is 62.5 Å². The SMILES string of the molecule is CC(C)(C)CCOc1cncc([B-](F)(F)F)c1.[K+]. The minimum atomic E-state index is -5.01. The van der Waals surface area contributed by atoms with E-state index in [2.05, 4.69) is 4.98 Å². The van der Waals surface area contributed by atoms with Gasteiger partial charge < -0.3 is 17.7 Å². The zero-order valence-electron chi connectivity index (χ0n) is 11.2. The van der Waals surface area contributed by atoms with Crippen LogP contribution in [0.3, 0.4) is 0 Å². The third-order valence-corrected chi connectivity index (χ3v) is 2.23. The first-order chi connectivity index (χ1) is 7.68. The summed E-state index contributed by atoms with van der Waals surface area (Å²) in [5, 5.41) is 0. The molecular formula is C11H16BF3KNO. The van der Waals surface area contributed by atoms with Crippen LogP contribution < -0.4 is 61.6 Å². The largest absolute Gasteiger partial charge is 1.00 e. The van der Waals surface area contributed by atoms with Crippen LogP contribution in [0.25, 0.3) is 0 Å². The van der Waals surface area contributed by atoms with Crippen molar-refractivity contribution in [1.29, 1.82) is 0 Å². The second-order valence-corrected chi connectivity index (χ2v) is 5.19. The molecule has 0 aliphatic heterocycles. The molecule has 0 aromatic carbocycles. The second kappa shape index (κ2) is 7.28. The van der Waals surface area contributed by atoms with Gasteiger partial charge in [0.05, 0.1) is 12.8 Å². The van der Waals surface area contributed by atoms with Gasteiger partial charge in [0.25, 0.3) is 0 Å². The molecule has 1 rings (SSSR count). The van der Waals surface area contributed by atoms with E-state index >= 15 is 0 Å². The summed E-state index contributed by atoms with van der Waals surface area (Å²) in [7, 11) is 0. The van der Waals surface area contributed by atoms with Gasteiger partial charge >= 0.3 is 58.4 Å². The first-order valence-corrected chi connectivity index (χ1v) is 5.46. The fourth-order valence-corrected chi connectivity index (χ4v) is 1.17. The predicted molar refractivity (Wildman–Crippen MR) is 62.5 cm³/mol. The van der Waals surface area contributed by atoms with E-state index in [1.807, 2.05) is 20.8 Å². The minimum Gasteiger partial charge on any atom is -0.492 e. The predicted octanol–water partition coefficient (Wildman–Crippen LogP) is -0.0450. The zero-order valence-corrected chi connectivity index (χ0v) is 14.3. The molecule has 2 nitrogen and oxygen atoms in total. The van der Waals surface area contributed by atoms with Gasteiger partial charge in [-0.3, -0.25) is 4.98 Å². The molecule has 0 bridgehead atoms. The molecule has 0 saturated carbocycles. The van der Waals surface area contributed by atoms with Crippen LogP contribution in [0.1, 0.15) is 27.2 Å². The Morgan fingerprint density at radius 1 is 1.22 bits per heavy atom. The molecule has 7 heteroatoms. The Hall–Kier alpha value is 0.441. The van der Waals surface area contributed by atoms with Crippen LogP contribution in [-0.4, -0.2) is 18.6 Å². The Balaban J connectivity index is 0.00000289. The molecule has 0 N–H and O–H groups in total. The standard InChI is InChI=1S/C11H16BF3NO.K/c1-11(2,3)4-5-17-10-6-9(7-16-8-10)12(13,14)15;/h6-8H,4-5H2,1-3H3;/q-1;+1. The van der Waals surface area contributed by atoms with E-state index in [1.54, 1.807) is 0 Å². The number of halogens is 3. The molecule has 0 spiro atoms. The van der Waals surface area contributed by atoms with Crippen molar-refractivity contribution < 1.29 is 69.1 Å². The Kier molecular flexibility index (Phi) is 7.46. The molecule has 0 amide bonds. The van der Waals surface area contributed by atoms with Crippen molar-refractivity contribution in [3.8, 4) is 5.75 Å². The normalized spacial score (nSPS) is 11.9. The van der Waals surface area contributed by atoms with Gasteiger partial charge in [0.1, 0.15) is 5.75 Å². The van der Waals surface area contributed by atoms with Gasteiger partial charge in [-0.2, -0.15) is 0 Å². The topological polar surface area (TPSA) is 22.1 Å². The van der Waals surface area contributed by atoms with Gasteiger partial charge in [-0.05, 0) is 17.9 Å². The van der Waals surface area contributed by atoms with Crippen molar-refractivity contribution in [3.63, 3.8) is 0 Å². The van der Waals surface area contributed by atoms with Gasteiger partial charge in [0.2, 0.25) is 0 Å². The Bertz CT molecular complexity index is 379. The maximum Gasteiger partial charge on any atom is 1.00 e. The van der Waals surface area contributed by atoms with Crippen LogP contribution in [0.2, 0.25) is 0 Å². The number of hydrogen-bond donors (Lipinski definition) is 0. The van der Waals surface area contributed by atoms with E-state index < -0.39 is 12.4 Å². The monoisotopic (exact) mass is 285 g/mol. The summed E-state index contributed by atoms with van der Waals surface area (Å²) in [6.45, 7) is 1.51. The Morgan fingerprint density at radius 3 is 2.33 bits per heavy atom. The molecule has 0 saturated heterocycles. The van der Waals surface area contributed by atoms with Crippen molar-refractivity contribution >= 4 is 12.4 Å². The number of pyridine rings is 1. The van der Waals surface area contributed by atoms with Gasteiger partial charge in [0.15, 0.2) is 0 Å². The summed E-state index contributed by atoms with van der Waals surface area (Å²) < 4.78 is 42.6. The van der Waals surface area contributed by atoms with Crippen LogP contribution in [-0.2, 0) is 0 Å². The molecular weight excluding hydrogens is 269 g/mol. The molecule has 0 aliphatic rings. The summed E-state index contributed by atoms with van der Waals surface area (Å²) in [5.41, 5.74) is -0.628.